The van der Waals surface area contributed by atoms with Gasteiger partial charge in [0, 0.05) is 18.2 Å². The van der Waals surface area contributed by atoms with Crippen molar-refractivity contribution in [3.8, 4) is 0 Å². The largest absolute Gasteiger partial charge is 0.411 e. The summed E-state index contributed by atoms with van der Waals surface area (Å²) in [5.41, 5.74) is 0.818. The van der Waals surface area contributed by atoms with Crippen LogP contribution in [0.5, 0.6) is 0 Å². The fourth-order valence-corrected chi connectivity index (χ4v) is 6.40. The first-order valence-corrected chi connectivity index (χ1v) is 16.1. The molecule has 1 aromatic heterocycles. The predicted octanol–water partition coefficient (Wildman–Crippen LogP) is 5.99. The summed E-state index contributed by atoms with van der Waals surface area (Å²) in [7, 11) is -1.93. The van der Waals surface area contributed by atoms with Crippen molar-refractivity contribution in [2.75, 3.05) is 0 Å². The number of carbonyl (C=O) groups is 1. The summed E-state index contributed by atoms with van der Waals surface area (Å²) in [4.78, 5) is 17.9. The maximum atomic E-state index is 12.4. The second-order valence-corrected chi connectivity index (χ2v) is 16.9. The van der Waals surface area contributed by atoms with Gasteiger partial charge in [-0.1, -0.05) is 39.8 Å². The fraction of sp³-hybridized carbons (Fsp3) is 0.750. The molecule has 2 aliphatic heterocycles. The van der Waals surface area contributed by atoms with Crippen LogP contribution in [0.4, 0.5) is 0 Å². The standard InChI is InChI=1S/C24H39NO5S2Si/c1-8-9-10-11-18(30-33(6,7)24(3,4)5)20-14-21-19(28-20)12-17(27-21)13-22(26)29-25-16(2)15-32-23(25)31/h9-10,15,17-21H,8,11-14H2,1-7H3/b10-9+/t17-,18-,19+,20+,21+/m0/s1. The topological polar surface area (TPSA) is 58.9 Å². The van der Waals surface area contributed by atoms with Crippen LogP contribution >= 0.6 is 23.6 Å². The van der Waals surface area contributed by atoms with Gasteiger partial charge in [0.15, 0.2) is 12.3 Å². The molecule has 2 saturated heterocycles. The van der Waals surface area contributed by atoms with Crippen molar-refractivity contribution in [2.45, 2.75) is 115 Å². The summed E-state index contributed by atoms with van der Waals surface area (Å²) in [6.45, 7) is 15.4. The zero-order chi connectivity index (χ0) is 24.4. The minimum Gasteiger partial charge on any atom is -0.411 e. The van der Waals surface area contributed by atoms with E-state index in [0.29, 0.717) is 10.4 Å². The van der Waals surface area contributed by atoms with Crippen LogP contribution < -0.4 is 4.84 Å². The number of carbonyl (C=O) groups excluding carboxylic acids is 1. The maximum absolute atomic E-state index is 12.4. The van der Waals surface area contributed by atoms with Gasteiger partial charge in [0.2, 0.25) is 0 Å². The Morgan fingerprint density at radius 3 is 2.58 bits per heavy atom. The van der Waals surface area contributed by atoms with E-state index in [2.05, 4.69) is 52.9 Å². The monoisotopic (exact) mass is 513 g/mol. The van der Waals surface area contributed by atoms with Gasteiger partial charge in [-0.15, -0.1) is 11.3 Å². The van der Waals surface area contributed by atoms with Crippen LogP contribution in [-0.2, 0) is 18.7 Å². The zero-order valence-electron chi connectivity index (χ0n) is 21.0. The van der Waals surface area contributed by atoms with Gasteiger partial charge in [0.1, 0.15) is 0 Å². The van der Waals surface area contributed by atoms with Crippen molar-refractivity contribution in [3.05, 3.63) is 27.2 Å². The van der Waals surface area contributed by atoms with E-state index in [1.54, 1.807) is 0 Å². The van der Waals surface area contributed by atoms with Gasteiger partial charge in [-0.05, 0) is 50.1 Å². The number of nitrogens with zero attached hydrogens (tertiary/aromatic N) is 1. The molecule has 3 rings (SSSR count). The van der Waals surface area contributed by atoms with Crippen LogP contribution in [-0.4, -0.2) is 49.5 Å². The molecule has 0 bridgehead atoms. The highest BCUT2D eigenvalue weighted by Crippen LogP contribution is 2.41. The Hall–Kier alpha value is -0.843. The average molecular weight is 514 g/mol. The molecule has 5 atom stereocenters. The minimum atomic E-state index is -1.93. The summed E-state index contributed by atoms with van der Waals surface area (Å²) >= 11 is 6.59. The highest BCUT2D eigenvalue weighted by Gasteiger charge is 2.48. The van der Waals surface area contributed by atoms with Gasteiger partial charge in [0.05, 0.1) is 42.6 Å². The molecule has 33 heavy (non-hydrogen) atoms. The molecule has 0 amide bonds. The quantitative estimate of drug-likeness (QED) is 0.229. The lowest BCUT2D eigenvalue weighted by molar-refractivity contribution is -0.147. The fourth-order valence-electron chi connectivity index (χ4n) is 4.07. The molecule has 0 aliphatic carbocycles. The van der Waals surface area contributed by atoms with E-state index < -0.39 is 8.32 Å². The van der Waals surface area contributed by atoms with Crippen LogP contribution in [0.2, 0.25) is 18.1 Å². The first-order chi connectivity index (χ1) is 15.4. The predicted molar refractivity (Wildman–Crippen MR) is 137 cm³/mol. The summed E-state index contributed by atoms with van der Waals surface area (Å²) in [5, 5.41) is 2.01. The number of aromatic nitrogens is 1. The van der Waals surface area contributed by atoms with Crippen LogP contribution in [0.3, 0.4) is 0 Å². The highest BCUT2D eigenvalue weighted by atomic mass is 32.1. The maximum Gasteiger partial charge on any atom is 0.335 e. The van der Waals surface area contributed by atoms with Crippen LogP contribution in [0.25, 0.3) is 0 Å². The number of thiazole rings is 1. The van der Waals surface area contributed by atoms with Gasteiger partial charge < -0.3 is 18.7 Å². The Kier molecular flexibility index (Phi) is 8.78. The van der Waals surface area contributed by atoms with Crippen LogP contribution in [0, 0.1) is 10.9 Å². The number of hydrogen-bond donors (Lipinski definition) is 0. The summed E-state index contributed by atoms with van der Waals surface area (Å²) in [5.74, 6) is -0.335. The van der Waals surface area contributed by atoms with E-state index in [4.69, 9.17) is 31.0 Å². The summed E-state index contributed by atoms with van der Waals surface area (Å²) in [6, 6.07) is 0. The number of fused-ring (bicyclic) bond motifs is 1. The molecule has 0 unspecified atom stereocenters. The SMILES string of the molecule is CC/C=C/C[C@H](O[Si](C)(C)C(C)(C)C)[C@H]1C[C@H]2O[C@H](CC(=O)On3c(C)csc3=S)C[C@H]2O1. The zero-order valence-corrected chi connectivity index (χ0v) is 23.6. The molecule has 0 N–H and O–H groups in total. The van der Waals surface area contributed by atoms with E-state index >= 15 is 0 Å². The van der Waals surface area contributed by atoms with Gasteiger partial charge in [-0.3, -0.25) is 0 Å². The Bertz CT molecular complexity index is 889. The number of hydrogen-bond acceptors (Lipinski definition) is 7. The van der Waals surface area contributed by atoms with Crippen molar-refractivity contribution in [3.63, 3.8) is 0 Å². The molecule has 2 fully saturated rings. The lowest BCUT2D eigenvalue weighted by Gasteiger charge is -2.40. The molecule has 6 nitrogen and oxygen atoms in total. The average Bonchev–Trinajstić information content (AvgIpc) is 3.35. The molecule has 1 aromatic rings. The smallest absolute Gasteiger partial charge is 0.335 e. The molecule has 0 aromatic carbocycles. The molecule has 0 spiro atoms. The first kappa shape index (κ1) is 26.8. The van der Waals surface area contributed by atoms with Gasteiger partial charge in [-0.2, -0.15) is 4.73 Å². The third-order valence-electron chi connectivity index (χ3n) is 6.93. The van der Waals surface area contributed by atoms with Crippen molar-refractivity contribution in [2.24, 2.45) is 0 Å². The number of ether oxygens (including phenoxy) is 2. The van der Waals surface area contributed by atoms with E-state index in [1.165, 1.54) is 16.1 Å². The number of allylic oxidation sites excluding steroid dienone is 1. The Labute approximate surface area is 208 Å². The number of aryl methyl sites for hydroxylation is 1. The molecule has 186 valence electrons. The normalized spacial score (nSPS) is 26.6. The molecule has 9 heteroatoms. The van der Waals surface area contributed by atoms with Crippen molar-refractivity contribution in [1.29, 1.82) is 0 Å². The minimum absolute atomic E-state index is 0.00137. The first-order valence-electron chi connectivity index (χ1n) is 11.9. The van der Waals surface area contributed by atoms with Crippen molar-refractivity contribution in [1.82, 2.24) is 4.73 Å². The second-order valence-electron chi connectivity index (χ2n) is 10.6. The molecule has 0 radical (unpaired) electrons. The summed E-state index contributed by atoms with van der Waals surface area (Å²) in [6.07, 6.45) is 7.79. The third-order valence-corrected chi connectivity index (χ3v) is 12.7. The van der Waals surface area contributed by atoms with E-state index in [1.807, 2.05) is 12.3 Å². The molecule has 3 heterocycles. The second kappa shape index (κ2) is 10.8. The summed E-state index contributed by atoms with van der Waals surface area (Å²) < 4.78 is 21.4. The van der Waals surface area contributed by atoms with Crippen molar-refractivity contribution >= 4 is 37.8 Å². The van der Waals surface area contributed by atoms with Gasteiger partial charge in [-0.25, -0.2) is 4.79 Å². The van der Waals surface area contributed by atoms with E-state index in [-0.39, 0.29) is 47.9 Å². The Morgan fingerprint density at radius 2 is 2.00 bits per heavy atom. The Balaban J connectivity index is 1.57. The van der Waals surface area contributed by atoms with Gasteiger partial charge >= 0.3 is 5.97 Å². The van der Waals surface area contributed by atoms with Crippen LogP contribution in [0.15, 0.2) is 17.5 Å². The highest BCUT2D eigenvalue weighted by molar-refractivity contribution is 7.73. The lowest BCUT2D eigenvalue weighted by atomic mass is 10.0. The van der Waals surface area contributed by atoms with Crippen molar-refractivity contribution < 1.29 is 23.5 Å². The number of rotatable bonds is 9. The molecule has 2 aliphatic rings. The molecular formula is C24H39NO5S2Si. The Morgan fingerprint density at radius 1 is 1.30 bits per heavy atom. The molecule has 0 saturated carbocycles. The van der Waals surface area contributed by atoms with Gasteiger partial charge in [0.25, 0.3) is 0 Å². The lowest BCUT2D eigenvalue weighted by Crippen LogP contribution is -2.47. The van der Waals surface area contributed by atoms with E-state index in [9.17, 15) is 4.79 Å². The van der Waals surface area contributed by atoms with Crippen LogP contribution in [0.1, 0.15) is 65.5 Å². The third kappa shape index (κ3) is 6.64. The van der Waals surface area contributed by atoms with E-state index in [0.717, 1.165) is 25.0 Å². The molecular weight excluding hydrogens is 474 g/mol.